The number of nitrogens with two attached hydrogens (primary N) is 1. The summed E-state index contributed by atoms with van der Waals surface area (Å²) in [4.78, 5) is 2.31. The normalized spacial score (nSPS) is 13.5. The van der Waals surface area contributed by atoms with Crippen molar-refractivity contribution in [1.82, 2.24) is 14.7 Å². The zero-order chi connectivity index (χ0) is 14.6. The molecule has 0 amide bonds. The highest BCUT2D eigenvalue weighted by molar-refractivity contribution is 9.10. The van der Waals surface area contributed by atoms with Crippen LogP contribution in [0.2, 0.25) is 0 Å². The van der Waals surface area contributed by atoms with Crippen molar-refractivity contribution >= 4 is 15.9 Å². The summed E-state index contributed by atoms with van der Waals surface area (Å²) in [6.07, 6.45) is 1.99. The topological polar surface area (TPSA) is 47.1 Å². The van der Waals surface area contributed by atoms with Crippen molar-refractivity contribution in [3.05, 3.63) is 15.9 Å². The number of rotatable bonds is 7. The molecule has 0 saturated heterocycles. The van der Waals surface area contributed by atoms with Gasteiger partial charge in [0, 0.05) is 19.6 Å². The van der Waals surface area contributed by atoms with Crippen LogP contribution in [0.4, 0.5) is 0 Å². The summed E-state index contributed by atoms with van der Waals surface area (Å²) in [5.74, 6) is 0.545. The molecule has 0 aromatic carbocycles. The van der Waals surface area contributed by atoms with E-state index in [1.807, 2.05) is 11.7 Å². The minimum absolute atomic E-state index is 0.281. The van der Waals surface area contributed by atoms with Gasteiger partial charge in [-0.3, -0.25) is 4.68 Å². The van der Waals surface area contributed by atoms with Gasteiger partial charge in [0.15, 0.2) is 0 Å². The lowest BCUT2D eigenvalue weighted by molar-refractivity contribution is 0.289. The van der Waals surface area contributed by atoms with Crippen molar-refractivity contribution < 1.29 is 0 Å². The molecule has 0 spiro atoms. The van der Waals surface area contributed by atoms with Crippen LogP contribution in [0.25, 0.3) is 0 Å². The van der Waals surface area contributed by atoms with E-state index >= 15 is 0 Å². The molecule has 0 saturated carbocycles. The number of hydrogen-bond donors (Lipinski definition) is 1. The Balaban J connectivity index is 2.57. The first-order valence-corrected chi connectivity index (χ1v) is 7.80. The van der Waals surface area contributed by atoms with Gasteiger partial charge in [-0.05, 0) is 48.3 Å². The van der Waals surface area contributed by atoms with E-state index in [0.29, 0.717) is 5.92 Å². The van der Waals surface area contributed by atoms with Crippen LogP contribution in [0.15, 0.2) is 4.47 Å². The zero-order valence-electron chi connectivity index (χ0n) is 12.8. The van der Waals surface area contributed by atoms with Gasteiger partial charge < -0.3 is 10.6 Å². The fourth-order valence-corrected chi connectivity index (χ4v) is 2.77. The minimum Gasteiger partial charge on any atom is -0.327 e. The molecule has 0 bridgehead atoms. The van der Waals surface area contributed by atoms with Gasteiger partial charge in [0.1, 0.15) is 0 Å². The van der Waals surface area contributed by atoms with Crippen LogP contribution in [-0.4, -0.2) is 34.3 Å². The SMILES string of the molecule is CCc1nn(C)c(CN(C)CCC(N)C(C)C)c1Br. The van der Waals surface area contributed by atoms with Gasteiger partial charge in [-0.2, -0.15) is 5.10 Å². The summed E-state index contributed by atoms with van der Waals surface area (Å²) < 4.78 is 3.12. The van der Waals surface area contributed by atoms with E-state index in [2.05, 4.69) is 53.7 Å². The van der Waals surface area contributed by atoms with Crippen LogP contribution in [0.5, 0.6) is 0 Å². The molecular weight excluding hydrogens is 304 g/mol. The number of aromatic nitrogens is 2. The Hall–Kier alpha value is -0.390. The summed E-state index contributed by atoms with van der Waals surface area (Å²) >= 11 is 3.66. The van der Waals surface area contributed by atoms with Gasteiger partial charge >= 0.3 is 0 Å². The maximum Gasteiger partial charge on any atom is 0.0767 e. The van der Waals surface area contributed by atoms with Crippen molar-refractivity contribution in [2.75, 3.05) is 13.6 Å². The van der Waals surface area contributed by atoms with E-state index in [-0.39, 0.29) is 6.04 Å². The molecule has 1 rings (SSSR count). The molecule has 0 aliphatic carbocycles. The van der Waals surface area contributed by atoms with Gasteiger partial charge in [-0.15, -0.1) is 0 Å². The van der Waals surface area contributed by atoms with Crippen LogP contribution < -0.4 is 5.73 Å². The summed E-state index contributed by atoms with van der Waals surface area (Å²) in [5.41, 5.74) is 8.45. The van der Waals surface area contributed by atoms with Gasteiger partial charge in [0.25, 0.3) is 0 Å². The zero-order valence-corrected chi connectivity index (χ0v) is 14.4. The molecule has 0 radical (unpaired) electrons. The lowest BCUT2D eigenvalue weighted by Gasteiger charge is -2.21. The second kappa shape index (κ2) is 7.41. The Morgan fingerprint density at radius 2 is 2.05 bits per heavy atom. The Labute approximate surface area is 125 Å². The molecule has 1 aromatic heterocycles. The monoisotopic (exact) mass is 330 g/mol. The van der Waals surface area contributed by atoms with Crippen LogP contribution in [0.3, 0.4) is 0 Å². The Kier molecular flexibility index (Phi) is 6.50. The number of halogens is 1. The van der Waals surface area contributed by atoms with Crippen LogP contribution in [-0.2, 0) is 20.0 Å². The molecule has 1 aromatic rings. The van der Waals surface area contributed by atoms with Crippen LogP contribution in [0, 0.1) is 5.92 Å². The first-order chi connectivity index (χ1) is 8.86. The maximum atomic E-state index is 6.09. The van der Waals surface area contributed by atoms with E-state index < -0.39 is 0 Å². The average Bonchev–Trinajstić information content (AvgIpc) is 2.63. The van der Waals surface area contributed by atoms with Gasteiger partial charge in [0.05, 0.1) is 15.9 Å². The molecule has 5 heteroatoms. The van der Waals surface area contributed by atoms with E-state index in [1.54, 1.807) is 0 Å². The third-order valence-electron chi connectivity index (χ3n) is 3.62. The van der Waals surface area contributed by atoms with Gasteiger partial charge in [-0.1, -0.05) is 20.8 Å². The van der Waals surface area contributed by atoms with Crippen LogP contribution >= 0.6 is 15.9 Å². The highest BCUT2D eigenvalue weighted by Crippen LogP contribution is 2.22. The highest BCUT2D eigenvalue weighted by atomic mass is 79.9. The fourth-order valence-electron chi connectivity index (χ4n) is 2.03. The molecule has 19 heavy (non-hydrogen) atoms. The Bertz CT molecular complexity index is 400. The largest absolute Gasteiger partial charge is 0.327 e. The first kappa shape index (κ1) is 16.7. The minimum atomic E-state index is 0.281. The smallest absolute Gasteiger partial charge is 0.0767 e. The maximum absolute atomic E-state index is 6.09. The predicted octanol–water partition coefficient (Wildman–Crippen LogP) is 2.55. The molecule has 0 aliphatic rings. The third-order valence-corrected chi connectivity index (χ3v) is 4.54. The van der Waals surface area contributed by atoms with Crippen molar-refractivity contribution in [3.8, 4) is 0 Å². The van der Waals surface area contributed by atoms with Crippen LogP contribution in [0.1, 0.15) is 38.6 Å². The number of aryl methyl sites for hydroxylation is 2. The molecule has 0 fully saturated rings. The molecular formula is C14H27BrN4. The molecule has 0 aliphatic heterocycles. The summed E-state index contributed by atoms with van der Waals surface area (Å²) in [6.45, 7) is 8.39. The van der Waals surface area contributed by atoms with Crippen molar-refractivity contribution in [2.24, 2.45) is 18.7 Å². The fraction of sp³-hybridized carbons (Fsp3) is 0.786. The van der Waals surface area contributed by atoms with Crippen molar-refractivity contribution in [2.45, 2.75) is 46.2 Å². The first-order valence-electron chi connectivity index (χ1n) is 7.01. The third kappa shape index (κ3) is 4.58. The van der Waals surface area contributed by atoms with Crippen molar-refractivity contribution in [1.29, 1.82) is 0 Å². The summed E-state index contributed by atoms with van der Waals surface area (Å²) in [7, 11) is 4.14. The number of hydrogen-bond acceptors (Lipinski definition) is 3. The molecule has 4 nitrogen and oxygen atoms in total. The Morgan fingerprint density at radius 1 is 1.42 bits per heavy atom. The predicted molar refractivity (Wildman–Crippen MR) is 84.1 cm³/mol. The molecule has 1 atom stereocenters. The summed E-state index contributed by atoms with van der Waals surface area (Å²) in [5, 5.41) is 4.52. The van der Waals surface area contributed by atoms with E-state index in [0.717, 1.165) is 36.1 Å². The van der Waals surface area contributed by atoms with Crippen molar-refractivity contribution in [3.63, 3.8) is 0 Å². The second-order valence-corrected chi connectivity index (χ2v) is 6.41. The average molecular weight is 331 g/mol. The summed E-state index contributed by atoms with van der Waals surface area (Å²) in [6, 6.07) is 0.281. The van der Waals surface area contributed by atoms with E-state index in [1.165, 1.54) is 5.69 Å². The molecule has 2 N–H and O–H groups in total. The number of nitrogens with zero attached hydrogens (tertiary/aromatic N) is 3. The highest BCUT2D eigenvalue weighted by Gasteiger charge is 2.15. The lowest BCUT2D eigenvalue weighted by atomic mass is 10.0. The Morgan fingerprint density at radius 3 is 2.53 bits per heavy atom. The van der Waals surface area contributed by atoms with Gasteiger partial charge in [0.2, 0.25) is 0 Å². The molecule has 110 valence electrons. The van der Waals surface area contributed by atoms with E-state index in [4.69, 9.17) is 5.73 Å². The van der Waals surface area contributed by atoms with E-state index in [9.17, 15) is 0 Å². The standard InChI is InChI=1S/C14H27BrN4/c1-6-12-14(15)13(19(5)17-12)9-18(4)8-7-11(16)10(2)3/h10-11H,6-9,16H2,1-5H3. The second-order valence-electron chi connectivity index (χ2n) is 5.62. The molecule has 1 heterocycles. The quantitative estimate of drug-likeness (QED) is 0.835. The molecule has 1 unspecified atom stereocenters. The van der Waals surface area contributed by atoms with Gasteiger partial charge in [-0.25, -0.2) is 0 Å². The lowest BCUT2D eigenvalue weighted by Crippen LogP contribution is -2.32.